The zero-order chi connectivity index (χ0) is 26.1. The second kappa shape index (κ2) is 10.2. The third kappa shape index (κ3) is 4.62. The van der Waals surface area contributed by atoms with E-state index in [4.69, 9.17) is 22.1 Å². The predicted octanol–water partition coefficient (Wildman–Crippen LogP) is 2.75. The summed E-state index contributed by atoms with van der Waals surface area (Å²) in [6, 6.07) is 8.53. The molecule has 0 unspecified atom stereocenters. The van der Waals surface area contributed by atoms with E-state index in [9.17, 15) is 19.2 Å². The third-order valence-electron chi connectivity index (χ3n) is 5.37. The van der Waals surface area contributed by atoms with Crippen LogP contribution < -0.4 is 26.6 Å². The highest BCUT2D eigenvalue weighted by molar-refractivity contribution is 8.14. The summed E-state index contributed by atoms with van der Waals surface area (Å²) < 4.78 is 7.04. The van der Waals surface area contributed by atoms with E-state index in [-0.39, 0.29) is 28.0 Å². The monoisotopic (exact) mass is 545 g/mol. The van der Waals surface area contributed by atoms with Gasteiger partial charge in [0.25, 0.3) is 11.5 Å². The second-order valence-corrected chi connectivity index (χ2v) is 9.91. The summed E-state index contributed by atoms with van der Waals surface area (Å²) in [6.45, 7) is 0. The first kappa shape index (κ1) is 25.5. The maximum absolute atomic E-state index is 13.3. The number of methoxy groups -OCH3 is 1. The van der Waals surface area contributed by atoms with Gasteiger partial charge in [-0.25, -0.2) is 9.79 Å². The number of anilines is 2. The quantitative estimate of drug-likeness (QED) is 0.372. The van der Waals surface area contributed by atoms with Crippen molar-refractivity contribution >= 4 is 69.1 Å². The van der Waals surface area contributed by atoms with E-state index in [2.05, 4.69) is 4.99 Å². The van der Waals surface area contributed by atoms with Crippen molar-refractivity contribution in [1.29, 1.82) is 0 Å². The highest BCUT2D eigenvalue weighted by Gasteiger charge is 2.33. The molecule has 36 heavy (non-hydrogen) atoms. The number of carbonyl (C=O) groups is 2. The van der Waals surface area contributed by atoms with Gasteiger partial charge in [-0.3, -0.25) is 28.4 Å². The average molecular weight is 546 g/mol. The summed E-state index contributed by atoms with van der Waals surface area (Å²) in [6.07, 6.45) is 1.65. The number of ketones is 1. The summed E-state index contributed by atoms with van der Waals surface area (Å²) in [4.78, 5) is 57.6. The number of rotatable bonds is 6. The van der Waals surface area contributed by atoms with Crippen LogP contribution in [0.15, 0.2) is 56.0 Å². The number of benzene rings is 1. The molecule has 0 saturated heterocycles. The number of thioether (sulfide) groups is 1. The van der Waals surface area contributed by atoms with Crippen molar-refractivity contribution in [2.75, 3.05) is 23.5 Å². The van der Waals surface area contributed by atoms with E-state index in [0.29, 0.717) is 16.5 Å². The van der Waals surface area contributed by atoms with Crippen LogP contribution in [0.3, 0.4) is 0 Å². The van der Waals surface area contributed by atoms with Crippen molar-refractivity contribution in [1.82, 2.24) is 9.13 Å². The average Bonchev–Trinajstić information content (AvgIpc) is 3.48. The minimum Gasteiger partial charge on any atom is -0.495 e. The molecular weight excluding hydrogens is 526 g/mol. The number of Topliss-reactive ketones (excluding diaryl/α,β-unsaturated/α-hetero) is 1. The first-order valence-electron chi connectivity index (χ1n) is 10.4. The van der Waals surface area contributed by atoms with Gasteiger partial charge in [0.1, 0.15) is 22.8 Å². The molecule has 0 radical (unpaired) electrons. The van der Waals surface area contributed by atoms with E-state index in [1.807, 2.05) is 17.5 Å². The zero-order valence-electron chi connectivity index (χ0n) is 19.4. The Morgan fingerprint density at radius 3 is 2.61 bits per heavy atom. The number of aliphatic imine (C=N–C) groups is 1. The van der Waals surface area contributed by atoms with Crippen molar-refractivity contribution in [2.45, 2.75) is 0 Å². The number of nitrogens with zero attached hydrogens (tertiary/aromatic N) is 4. The van der Waals surface area contributed by atoms with Crippen molar-refractivity contribution in [3.8, 4) is 5.75 Å². The normalized spacial score (nSPS) is 14.4. The van der Waals surface area contributed by atoms with Gasteiger partial charge in [0.15, 0.2) is 11.0 Å². The van der Waals surface area contributed by atoms with Crippen LogP contribution in [0.2, 0.25) is 5.02 Å². The van der Waals surface area contributed by atoms with E-state index in [1.54, 1.807) is 24.3 Å². The molecule has 1 aromatic carbocycles. The minimum absolute atomic E-state index is 0.178. The largest absolute Gasteiger partial charge is 0.495 e. The molecule has 2 N–H and O–H groups in total. The molecule has 186 valence electrons. The van der Waals surface area contributed by atoms with Crippen LogP contribution in [-0.4, -0.2) is 38.9 Å². The Labute approximate surface area is 218 Å². The number of nitrogen functional groups attached to an aromatic ring is 1. The first-order valence-corrected chi connectivity index (χ1v) is 12.6. The number of amidine groups is 1. The maximum Gasteiger partial charge on any atom is 0.332 e. The lowest BCUT2D eigenvalue weighted by Gasteiger charge is -2.18. The Hall–Kier alpha value is -3.61. The summed E-state index contributed by atoms with van der Waals surface area (Å²) in [7, 11) is 4.12. The molecular formula is C23H20ClN5O5S2. The van der Waals surface area contributed by atoms with Gasteiger partial charge in [-0.2, -0.15) is 0 Å². The fraction of sp³-hybridized carbons (Fsp3) is 0.174. The molecule has 0 fully saturated rings. The van der Waals surface area contributed by atoms with Crippen LogP contribution in [0.25, 0.3) is 6.08 Å². The van der Waals surface area contributed by atoms with Crippen molar-refractivity contribution in [3.05, 3.63) is 77.7 Å². The van der Waals surface area contributed by atoms with Crippen LogP contribution in [-0.2, 0) is 18.9 Å². The number of hydrogen-bond donors (Lipinski definition) is 1. The fourth-order valence-electron chi connectivity index (χ4n) is 3.45. The molecule has 3 heterocycles. The van der Waals surface area contributed by atoms with E-state index in [0.717, 1.165) is 25.8 Å². The van der Waals surface area contributed by atoms with Gasteiger partial charge in [-0.15, -0.1) is 11.3 Å². The Morgan fingerprint density at radius 1 is 1.22 bits per heavy atom. The van der Waals surface area contributed by atoms with E-state index >= 15 is 0 Å². The Morgan fingerprint density at radius 2 is 1.97 bits per heavy atom. The standard InChI is InChI=1S/C23H20ClN5O5S2/c1-27-19(25)18(21(32)28(2)23(27)33)16(30)11-36-22-26-15(10-13-5-4-8-35-13)20(31)29(22)12-6-7-17(34-3)14(24)9-12/h4-10H,11,25H2,1-3H3/b15-10-. The molecule has 10 nitrogen and oxygen atoms in total. The Balaban J connectivity index is 1.70. The summed E-state index contributed by atoms with van der Waals surface area (Å²) >= 11 is 8.69. The summed E-state index contributed by atoms with van der Waals surface area (Å²) in [5, 5.41) is 2.39. The molecule has 0 atom stereocenters. The molecule has 4 rings (SSSR count). The van der Waals surface area contributed by atoms with Gasteiger partial charge in [0, 0.05) is 19.0 Å². The van der Waals surface area contributed by atoms with Crippen molar-refractivity contribution < 1.29 is 14.3 Å². The smallest absolute Gasteiger partial charge is 0.332 e. The molecule has 0 spiro atoms. The first-order chi connectivity index (χ1) is 17.1. The van der Waals surface area contributed by atoms with Crippen LogP contribution >= 0.6 is 34.7 Å². The Bertz CT molecular complexity index is 1560. The SMILES string of the molecule is COc1ccc(N2C(=O)/C(=C/c3cccs3)N=C2SCC(=O)c2c(N)n(C)c(=O)n(C)c2=O)cc1Cl. The third-order valence-corrected chi connectivity index (χ3v) is 7.42. The van der Waals surface area contributed by atoms with Gasteiger partial charge in [0.05, 0.1) is 23.6 Å². The van der Waals surface area contributed by atoms with Gasteiger partial charge < -0.3 is 10.5 Å². The number of halogens is 1. The molecule has 0 bridgehead atoms. The van der Waals surface area contributed by atoms with Crippen LogP contribution in [0.1, 0.15) is 15.2 Å². The summed E-state index contributed by atoms with van der Waals surface area (Å²) in [5.41, 5.74) is 4.79. The highest BCUT2D eigenvalue weighted by atomic mass is 35.5. The van der Waals surface area contributed by atoms with Crippen LogP contribution in [0.5, 0.6) is 5.75 Å². The van der Waals surface area contributed by atoms with E-state index < -0.39 is 22.9 Å². The van der Waals surface area contributed by atoms with Gasteiger partial charge in [-0.05, 0) is 35.7 Å². The molecule has 1 amide bonds. The molecule has 2 aromatic heterocycles. The van der Waals surface area contributed by atoms with E-state index in [1.165, 1.54) is 37.4 Å². The van der Waals surface area contributed by atoms with Crippen molar-refractivity contribution in [3.63, 3.8) is 0 Å². The maximum atomic E-state index is 13.3. The number of carbonyl (C=O) groups excluding carboxylic acids is 2. The number of nitrogens with two attached hydrogens (primary N) is 1. The molecule has 3 aromatic rings. The Kier molecular flexibility index (Phi) is 7.20. The van der Waals surface area contributed by atoms with Crippen LogP contribution in [0.4, 0.5) is 11.5 Å². The number of amides is 1. The minimum atomic E-state index is -0.789. The fourth-order valence-corrected chi connectivity index (χ4v) is 5.24. The summed E-state index contributed by atoms with van der Waals surface area (Å²) in [5.74, 6) is -1.06. The topological polar surface area (TPSA) is 129 Å². The predicted molar refractivity (Wildman–Crippen MR) is 143 cm³/mol. The molecule has 1 aliphatic rings. The zero-order valence-corrected chi connectivity index (χ0v) is 21.7. The number of thiophene rings is 1. The number of ether oxygens (including phenoxy) is 1. The van der Waals surface area contributed by atoms with Gasteiger partial charge in [-0.1, -0.05) is 29.4 Å². The molecule has 13 heteroatoms. The second-order valence-electron chi connectivity index (χ2n) is 7.58. The van der Waals surface area contributed by atoms with Gasteiger partial charge >= 0.3 is 5.69 Å². The van der Waals surface area contributed by atoms with Crippen LogP contribution in [0, 0.1) is 0 Å². The lowest BCUT2D eigenvalue weighted by Crippen LogP contribution is -2.42. The molecule has 0 saturated carbocycles. The lowest BCUT2D eigenvalue weighted by molar-refractivity contribution is -0.113. The number of hydrogen-bond acceptors (Lipinski definition) is 9. The van der Waals surface area contributed by atoms with Crippen molar-refractivity contribution in [2.24, 2.45) is 19.1 Å². The molecule has 0 aliphatic carbocycles. The number of aromatic nitrogens is 2. The van der Waals surface area contributed by atoms with Gasteiger partial charge in [0.2, 0.25) is 0 Å². The lowest BCUT2D eigenvalue weighted by atomic mass is 10.2. The highest BCUT2D eigenvalue weighted by Crippen LogP contribution is 2.34. The molecule has 1 aliphatic heterocycles.